The van der Waals surface area contributed by atoms with E-state index < -0.39 is 0 Å². The lowest BCUT2D eigenvalue weighted by atomic mass is 9.89. The predicted molar refractivity (Wildman–Crippen MR) is 108 cm³/mol. The van der Waals surface area contributed by atoms with Crippen LogP contribution in [0, 0.1) is 5.92 Å². The second-order valence-corrected chi connectivity index (χ2v) is 7.41. The molecule has 4 rings (SSSR count). The summed E-state index contributed by atoms with van der Waals surface area (Å²) in [6, 6.07) is 16.8. The van der Waals surface area contributed by atoms with E-state index in [1.54, 1.807) is 0 Å². The standard InChI is InChI=1S/C22H26N2O.ClH/c23-13-20-14-24(15-21(20)17-7-2-1-3-8-17)22(25)19-11-10-16-6-4-5-9-18(16)12-19;/h1-3,7-8,10-12,20-21H,4-6,9,13-15,23H2;1H/t20-,21+;/m1./s1. The van der Waals surface area contributed by atoms with Crippen molar-refractivity contribution in [3.05, 3.63) is 70.8 Å². The number of likely N-dealkylation sites (tertiary alicyclic amines) is 1. The lowest BCUT2D eigenvalue weighted by Crippen LogP contribution is -2.30. The van der Waals surface area contributed by atoms with Crippen molar-refractivity contribution in [1.82, 2.24) is 4.90 Å². The van der Waals surface area contributed by atoms with Crippen LogP contribution in [-0.2, 0) is 12.8 Å². The molecule has 2 aromatic rings. The fourth-order valence-corrected chi connectivity index (χ4v) is 4.40. The molecular weight excluding hydrogens is 344 g/mol. The van der Waals surface area contributed by atoms with E-state index in [0.29, 0.717) is 18.4 Å². The number of rotatable bonds is 3. The zero-order valence-corrected chi connectivity index (χ0v) is 15.9. The Balaban J connectivity index is 0.00000196. The third-order valence-electron chi connectivity index (χ3n) is 5.85. The van der Waals surface area contributed by atoms with E-state index in [9.17, 15) is 4.79 Å². The van der Waals surface area contributed by atoms with Crippen LogP contribution in [0.4, 0.5) is 0 Å². The number of amides is 1. The molecule has 0 spiro atoms. The van der Waals surface area contributed by atoms with Gasteiger partial charge in [-0.1, -0.05) is 36.4 Å². The second kappa shape index (κ2) is 8.24. The molecule has 2 aliphatic rings. The Morgan fingerprint density at radius 3 is 2.46 bits per heavy atom. The molecule has 2 atom stereocenters. The second-order valence-electron chi connectivity index (χ2n) is 7.41. The van der Waals surface area contributed by atoms with Gasteiger partial charge in [0.2, 0.25) is 0 Å². The van der Waals surface area contributed by atoms with Gasteiger partial charge in [-0.3, -0.25) is 4.79 Å². The van der Waals surface area contributed by atoms with Crippen molar-refractivity contribution in [3.63, 3.8) is 0 Å². The van der Waals surface area contributed by atoms with Gasteiger partial charge in [0.25, 0.3) is 5.91 Å². The Kier molecular flexibility index (Phi) is 6.00. The number of halogens is 1. The summed E-state index contributed by atoms with van der Waals surface area (Å²) in [5.41, 5.74) is 10.9. The molecule has 1 heterocycles. The summed E-state index contributed by atoms with van der Waals surface area (Å²) < 4.78 is 0. The van der Waals surface area contributed by atoms with Gasteiger partial charge in [0.1, 0.15) is 0 Å². The highest BCUT2D eigenvalue weighted by atomic mass is 35.5. The summed E-state index contributed by atoms with van der Waals surface area (Å²) in [5, 5.41) is 0. The summed E-state index contributed by atoms with van der Waals surface area (Å²) in [6.07, 6.45) is 4.76. The van der Waals surface area contributed by atoms with Crippen molar-refractivity contribution >= 4 is 18.3 Å². The number of nitrogens with two attached hydrogens (primary N) is 1. The first-order valence-corrected chi connectivity index (χ1v) is 9.42. The first-order valence-electron chi connectivity index (χ1n) is 9.42. The van der Waals surface area contributed by atoms with Crippen LogP contribution in [0.2, 0.25) is 0 Å². The predicted octanol–water partition coefficient (Wildman–Crippen LogP) is 3.80. The Hall–Kier alpha value is -1.84. The Bertz CT molecular complexity index is 762. The average molecular weight is 371 g/mol. The van der Waals surface area contributed by atoms with E-state index in [1.807, 2.05) is 17.0 Å². The third kappa shape index (κ3) is 3.65. The number of aryl methyl sites for hydroxylation is 2. The first-order chi connectivity index (χ1) is 12.3. The Labute approximate surface area is 162 Å². The smallest absolute Gasteiger partial charge is 0.253 e. The van der Waals surface area contributed by atoms with E-state index in [4.69, 9.17) is 5.73 Å². The Morgan fingerprint density at radius 2 is 1.73 bits per heavy atom. The van der Waals surface area contributed by atoms with E-state index >= 15 is 0 Å². The van der Waals surface area contributed by atoms with Gasteiger partial charge in [-0.05, 0) is 67.0 Å². The summed E-state index contributed by atoms with van der Waals surface area (Å²) in [7, 11) is 0. The van der Waals surface area contributed by atoms with Crippen LogP contribution < -0.4 is 5.73 Å². The maximum Gasteiger partial charge on any atom is 0.253 e. The number of carbonyl (C=O) groups excluding carboxylic acids is 1. The van der Waals surface area contributed by atoms with Crippen molar-refractivity contribution in [2.24, 2.45) is 11.7 Å². The quantitative estimate of drug-likeness (QED) is 0.893. The lowest BCUT2D eigenvalue weighted by Gasteiger charge is -2.20. The highest BCUT2D eigenvalue weighted by Gasteiger charge is 2.35. The molecule has 26 heavy (non-hydrogen) atoms. The molecule has 0 aromatic heterocycles. The van der Waals surface area contributed by atoms with Crippen LogP contribution in [0.5, 0.6) is 0 Å². The molecule has 0 saturated carbocycles. The largest absolute Gasteiger partial charge is 0.338 e. The molecule has 0 unspecified atom stereocenters. The molecule has 1 aliphatic heterocycles. The van der Waals surface area contributed by atoms with Crippen LogP contribution in [-0.4, -0.2) is 30.4 Å². The summed E-state index contributed by atoms with van der Waals surface area (Å²) in [6.45, 7) is 2.14. The lowest BCUT2D eigenvalue weighted by molar-refractivity contribution is 0.0786. The van der Waals surface area contributed by atoms with Crippen LogP contribution in [0.25, 0.3) is 0 Å². The first kappa shape index (κ1) is 18.9. The maximum atomic E-state index is 13.1. The summed E-state index contributed by atoms with van der Waals surface area (Å²) in [4.78, 5) is 15.1. The zero-order chi connectivity index (χ0) is 17.2. The van der Waals surface area contributed by atoms with Gasteiger partial charge in [-0.15, -0.1) is 12.4 Å². The van der Waals surface area contributed by atoms with E-state index in [1.165, 1.54) is 29.5 Å². The molecule has 2 N–H and O–H groups in total. The number of benzene rings is 2. The SMILES string of the molecule is Cl.NC[C@@H]1CN(C(=O)c2ccc3c(c2)CCCC3)C[C@H]1c1ccccc1. The van der Waals surface area contributed by atoms with Gasteiger partial charge in [0.15, 0.2) is 0 Å². The minimum absolute atomic E-state index is 0. The molecule has 1 fully saturated rings. The van der Waals surface area contributed by atoms with Gasteiger partial charge in [-0.25, -0.2) is 0 Å². The molecule has 3 nitrogen and oxygen atoms in total. The third-order valence-corrected chi connectivity index (χ3v) is 5.85. The molecule has 0 radical (unpaired) electrons. The molecular formula is C22H27ClN2O. The zero-order valence-electron chi connectivity index (χ0n) is 15.1. The summed E-state index contributed by atoms with van der Waals surface area (Å²) in [5.74, 6) is 0.835. The topological polar surface area (TPSA) is 46.3 Å². The van der Waals surface area contributed by atoms with E-state index in [-0.39, 0.29) is 18.3 Å². The molecule has 0 bridgehead atoms. The fraction of sp³-hybridized carbons (Fsp3) is 0.409. The number of nitrogens with zero attached hydrogens (tertiary/aromatic N) is 1. The van der Waals surface area contributed by atoms with Crippen molar-refractivity contribution < 1.29 is 4.79 Å². The van der Waals surface area contributed by atoms with Gasteiger partial charge >= 0.3 is 0 Å². The van der Waals surface area contributed by atoms with Gasteiger partial charge < -0.3 is 10.6 Å². The fourth-order valence-electron chi connectivity index (χ4n) is 4.40. The molecule has 1 saturated heterocycles. The minimum Gasteiger partial charge on any atom is -0.338 e. The van der Waals surface area contributed by atoms with Crippen molar-refractivity contribution in [1.29, 1.82) is 0 Å². The van der Waals surface area contributed by atoms with Gasteiger partial charge in [-0.2, -0.15) is 0 Å². The molecule has 1 amide bonds. The molecule has 2 aromatic carbocycles. The van der Waals surface area contributed by atoms with Crippen LogP contribution in [0.15, 0.2) is 48.5 Å². The van der Waals surface area contributed by atoms with Gasteiger partial charge in [0, 0.05) is 24.6 Å². The van der Waals surface area contributed by atoms with Crippen LogP contribution in [0.3, 0.4) is 0 Å². The molecule has 4 heteroatoms. The minimum atomic E-state index is 0. The van der Waals surface area contributed by atoms with Crippen LogP contribution in [0.1, 0.15) is 45.8 Å². The van der Waals surface area contributed by atoms with Gasteiger partial charge in [0.05, 0.1) is 0 Å². The maximum absolute atomic E-state index is 13.1. The van der Waals surface area contributed by atoms with Crippen LogP contribution >= 0.6 is 12.4 Å². The van der Waals surface area contributed by atoms with Crippen molar-refractivity contribution in [2.45, 2.75) is 31.6 Å². The normalized spacial score (nSPS) is 21.8. The number of carbonyl (C=O) groups is 1. The highest BCUT2D eigenvalue weighted by Crippen LogP contribution is 2.33. The summed E-state index contributed by atoms with van der Waals surface area (Å²) >= 11 is 0. The number of hydrogen-bond acceptors (Lipinski definition) is 2. The number of hydrogen-bond donors (Lipinski definition) is 1. The van der Waals surface area contributed by atoms with Crippen molar-refractivity contribution in [2.75, 3.05) is 19.6 Å². The van der Waals surface area contributed by atoms with E-state index in [0.717, 1.165) is 31.5 Å². The molecule has 1 aliphatic carbocycles. The Morgan fingerprint density at radius 1 is 1.00 bits per heavy atom. The number of fused-ring (bicyclic) bond motifs is 1. The highest BCUT2D eigenvalue weighted by molar-refractivity contribution is 5.94. The average Bonchev–Trinajstić information content (AvgIpc) is 3.12. The monoisotopic (exact) mass is 370 g/mol. The van der Waals surface area contributed by atoms with E-state index in [2.05, 4.69) is 36.4 Å². The molecule has 138 valence electrons. The van der Waals surface area contributed by atoms with Crippen molar-refractivity contribution in [3.8, 4) is 0 Å².